The van der Waals surface area contributed by atoms with E-state index in [0.29, 0.717) is 5.56 Å². The Morgan fingerprint density at radius 1 is 1.47 bits per heavy atom. The first-order valence-electron chi connectivity index (χ1n) is 4.17. The smallest absolute Gasteiger partial charge is 0.354 e. The van der Waals surface area contributed by atoms with Crippen molar-refractivity contribution in [2.24, 2.45) is 5.73 Å². The molecule has 0 saturated heterocycles. The van der Waals surface area contributed by atoms with Gasteiger partial charge in [-0.15, -0.1) is 0 Å². The van der Waals surface area contributed by atoms with Crippen molar-refractivity contribution in [1.29, 1.82) is 0 Å². The summed E-state index contributed by atoms with van der Waals surface area (Å²) in [5, 5.41) is 17.2. The van der Waals surface area contributed by atoms with Crippen LogP contribution in [0.2, 0.25) is 0 Å². The summed E-state index contributed by atoms with van der Waals surface area (Å²) in [6, 6.07) is 1.81. The monoisotopic (exact) mass is 210 g/mol. The second-order valence-corrected chi connectivity index (χ2v) is 3.00. The molecule has 0 bridgehead atoms. The van der Waals surface area contributed by atoms with Gasteiger partial charge in [-0.1, -0.05) is 0 Å². The number of aromatic nitrogens is 1. The number of nitrogens with zero attached hydrogens (tertiary/aromatic N) is 1. The van der Waals surface area contributed by atoms with Gasteiger partial charge in [-0.2, -0.15) is 0 Å². The van der Waals surface area contributed by atoms with E-state index in [0.717, 1.165) is 0 Å². The van der Waals surface area contributed by atoms with Gasteiger partial charge in [-0.25, -0.2) is 9.78 Å². The van der Waals surface area contributed by atoms with Crippen LogP contribution < -0.4 is 5.73 Å². The van der Waals surface area contributed by atoms with E-state index in [2.05, 4.69) is 4.98 Å². The highest BCUT2D eigenvalue weighted by molar-refractivity contribution is 5.85. The van der Waals surface area contributed by atoms with Gasteiger partial charge in [0, 0.05) is 6.20 Å². The third kappa shape index (κ3) is 3.03. The van der Waals surface area contributed by atoms with Crippen molar-refractivity contribution in [1.82, 2.24) is 4.98 Å². The van der Waals surface area contributed by atoms with Crippen LogP contribution >= 0.6 is 0 Å². The van der Waals surface area contributed by atoms with Crippen LogP contribution in [0, 0.1) is 0 Å². The molecule has 1 aromatic heterocycles. The second kappa shape index (κ2) is 4.52. The van der Waals surface area contributed by atoms with Gasteiger partial charge < -0.3 is 15.9 Å². The first-order valence-corrected chi connectivity index (χ1v) is 4.17. The van der Waals surface area contributed by atoms with Gasteiger partial charge in [-0.05, 0) is 24.1 Å². The average molecular weight is 210 g/mol. The molecule has 1 aromatic rings. The Labute approximate surface area is 85.4 Å². The number of aliphatic carboxylic acids is 1. The predicted octanol–water partition coefficient (Wildman–Crippen LogP) is -0.266. The number of rotatable bonds is 4. The Bertz CT molecular complexity index is 391. The number of carboxylic acid groups (broad SMARTS) is 2. The zero-order valence-corrected chi connectivity index (χ0v) is 7.75. The lowest BCUT2D eigenvalue weighted by Gasteiger charge is -2.06. The fraction of sp³-hybridized carbons (Fsp3) is 0.222. The van der Waals surface area contributed by atoms with E-state index < -0.39 is 18.0 Å². The lowest BCUT2D eigenvalue weighted by Crippen LogP contribution is -2.32. The quantitative estimate of drug-likeness (QED) is 0.630. The lowest BCUT2D eigenvalue weighted by molar-refractivity contribution is -0.138. The van der Waals surface area contributed by atoms with Gasteiger partial charge in [0.25, 0.3) is 0 Å². The largest absolute Gasteiger partial charge is 0.480 e. The average Bonchev–Trinajstić information content (AvgIpc) is 2.18. The van der Waals surface area contributed by atoms with Crippen molar-refractivity contribution in [2.45, 2.75) is 12.5 Å². The molecule has 4 N–H and O–H groups in total. The summed E-state index contributed by atoms with van der Waals surface area (Å²) >= 11 is 0. The van der Waals surface area contributed by atoms with Gasteiger partial charge in [0.05, 0.1) is 0 Å². The van der Waals surface area contributed by atoms with Crippen molar-refractivity contribution in [2.75, 3.05) is 0 Å². The van der Waals surface area contributed by atoms with E-state index in [1.165, 1.54) is 18.3 Å². The van der Waals surface area contributed by atoms with E-state index in [-0.39, 0.29) is 12.1 Å². The van der Waals surface area contributed by atoms with Crippen LogP contribution in [0.1, 0.15) is 16.1 Å². The molecule has 1 rings (SSSR count). The molecule has 0 unspecified atom stereocenters. The molecule has 1 heterocycles. The third-order valence-corrected chi connectivity index (χ3v) is 1.82. The molecule has 0 aliphatic heterocycles. The van der Waals surface area contributed by atoms with Crippen molar-refractivity contribution in [3.8, 4) is 0 Å². The van der Waals surface area contributed by atoms with E-state index in [4.69, 9.17) is 15.9 Å². The standard InChI is InChI=1S/C9H10N2O4/c10-6(8(12)13)3-5-1-2-11-7(4-5)9(14)15/h1-2,4,6H,3,10H2,(H,12,13)(H,14,15)/t6-/m0/s1. The minimum Gasteiger partial charge on any atom is -0.480 e. The van der Waals surface area contributed by atoms with Crippen LogP contribution in [0.5, 0.6) is 0 Å². The third-order valence-electron chi connectivity index (χ3n) is 1.82. The second-order valence-electron chi connectivity index (χ2n) is 3.00. The minimum atomic E-state index is -1.15. The number of hydrogen-bond acceptors (Lipinski definition) is 4. The number of nitrogens with two attached hydrogens (primary N) is 1. The summed E-state index contributed by atoms with van der Waals surface area (Å²) < 4.78 is 0. The molecule has 0 fully saturated rings. The summed E-state index contributed by atoms with van der Waals surface area (Å²) in [4.78, 5) is 24.6. The van der Waals surface area contributed by atoms with E-state index in [9.17, 15) is 9.59 Å². The van der Waals surface area contributed by atoms with Crippen LogP contribution in [-0.4, -0.2) is 33.2 Å². The minimum absolute atomic E-state index is 0.0815. The first kappa shape index (κ1) is 11.1. The number of hydrogen-bond donors (Lipinski definition) is 3. The van der Waals surface area contributed by atoms with Gasteiger partial charge in [0.15, 0.2) is 0 Å². The van der Waals surface area contributed by atoms with Crippen LogP contribution in [-0.2, 0) is 11.2 Å². The molecular weight excluding hydrogens is 200 g/mol. The molecule has 0 radical (unpaired) electrons. The molecule has 0 spiro atoms. The Balaban J connectivity index is 2.82. The Hall–Kier alpha value is -1.95. The highest BCUT2D eigenvalue weighted by atomic mass is 16.4. The number of carboxylic acids is 2. The maximum atomic E-state index is 10.6. The molecule has 1 atom stereocenters. The molecule has 0 aliphatic carbocycles. The van der Waals surface area contributed by atoms with Gasteiger partial charge >= 0.3 is 11.9 Å². The summed E-state index contributed by atoms with van der Waals surface area (Å²) in [7, 11) is 0. The Morgan fingerprint density at radius 3 is 2.67 bits per heavy atom. The fourth-order valence-electron chi connectivity index (χ4n) is 1.06. The molecule has 6 nitrogen and oxygen atoms in total. The normalized spacial score (nSPS) is 12.1. The van der Waals surface area contributed by atoms with Gasteiger partial charge in [0.2, 0.25) is 0 Å². The maximum absolute atomic E-state index is 10.6. The van der Waals surface area contributed by atoms with Crippen molar-refractivity contribution in [3.05, 3.63) is 29.6 Å². The van der Waals surface area contributed by atoms with Crippen LogP contribution in [0.4, 0.5) is 0 Å². The van der Waals surface area contributed by atoms with Crippen LogP contribution in [0.15, 0.2) is 18.3 Å². The topological polar surface area (TPSA) is 114 Å². The zero-order chi connectivity index (χ0) is 11.4. The summed E-state index contributed by atoms with van der Waals surface area (Å²) in [6.07, 6.45) is 1.39. The number of carbonyl (C=O) groups is 2. The highest BCUT2D eigenvalue weighted by Crippen LogP contribution is 2.04. The molecule has 0 aromatic carbocycles. The molecule has 0 aliphatic rings. The molecule has 6 heteroatoms. The number of aromatic carboxylic acids is 1. The highest BCUT2D eigenvalue weighted by Gasteiger charge is 2.13. The van der Waals surface area contributed by atoms with Gasteiger partial charge in [0.1, 0.15) is 11.7 Å². The molecule has 0 amide bonds. The molecular formula is C9H10N2O4. The van der Waals surface area contributed by atoms with Crippen LogP contribution in [0.3, 0.4) is 0 Å². The van der Waals surface area contributed by atoms with E-state index in [1.807, 2.05) is 0 Å². The van der Waals surface area contributed by atoms with Crippen LogP contribution in [0.25, 0.3) is 0 Å². The zero-order valence-electron chi connectivity index (χ0n) is 7.75. The SMILES string of the molecule is N[C@@H](Cc1ccnc(C(=O)O)c1)C(=O)O. The van der Waals surface area contributed by atoms with Crippen molar-refractivity contribution in [3.63, 3.8) is 0 Å². The summed E-state index contributed by atoms with van der Waals surface area (Å²) in [5.41, 5.74) is 5.73. The summed E-state index contributed by atoms with van der Waals surface area (Å²) in [5.74, 6) is -2.27. The Kier molecular flexibility index (Phi) is 3.35. The van der Waals surface area contributed by atoms with Gasteiger partial charge in [-0.3, -0.25) is 4.79 Å². The fourth-order valence-corrected chi connectivity index (χ4v) is 1.06. The predicted molar refractivity (Wildman–Crippen MR) is 50.5 cm³/mol. The maximum Gasteiger partial charge on any atom is 0.354 e. The number of pyridine rings is 1. The molecule has 0 saturated carbocycles. The van der Waals surface area contributed by atoms with Crippen molar-refractivity contribution >= 4 is 11.9 Å². The van der Waals surface area contributed by atoms with E-state index >= 15 is 0 Å². The summed E-state index contributed by atoms with van der Waals surface area (Å²) in [6.45, 7) is 0. The lowest BCUT2D eigenvalue weighted by atomic mass is 10.1. The first-order chi connectivity index (χ1) is 7.00. The molecule has 80 valence electrons. The van der Waals surface area contributed by atoms with E-state index in [1.54, 1.807) is 0 Å². The Morgan fingerprint density at radius 2 is 2.13 bits per heavy atom. The molecule has 15 heavy (non-hydrogen) atoms. The van der Waals surface area contributed by atoms with Crippen molar-refractivity contribution < 1.29 is 19.8 Å².